The number of rotatable bonds is 6. The molecule has 0 aliphatic carbocycles. The molecule has 3 rings (SSSR count). The molecule has 2 amide bonds. The van der Waals surface area contributed by atoms with Gasteiger partial charge in [0, 0.05) is 40.1 Å². The molecule has 0 saturated carbocycles. The van der Waals surface area contributed by atoms with Crippen molar-refractivity contribution in [1.82, 2.24) is 15.6 Å². The summed E-state index contributed by atoms with van der Waals surface area (Å²) in [5.74, 6) is -0.549. The molecule has 0 fully saturated rings. The van der Waals surface area contributed by atoms with Crippen LogP contribution in [-0.2, 0) is 11.2 Å². The number of para-hydroxylation sites is 1. The Balaban J connectivity index is 1.84. The Kier molecular flexibility index (Phi) is 5.81. The van der Waals surface area contributed by atoms with E-state index in [4.69, 9.17) is 11.6 Å². The van der Waals surface area contributed by atoms with Crippen molar-refractivity contribution in [1.29, 1.82) is 0 Å². The maximum atomic E-state index is 12.7. The number of fused-ring (bicyclic) bond motifs is 1. The summed E-state index contributed by atoms with van der Waals surface area (Å²) < 4.78 is 0. The van der Waals surface area contributed by atoms with E-state index in [1.165, 1.54) is 0 Å². The number of carbonyl (C=O) groups excluding carboxylic acids is 2. The number of halogens is 1. The van der Waals surface area contributed by atoms with E-state index in [0.29, 0.717) is 17.0 Å². The third-order valence-corrected chi connectivity index (χ3v) is 4.47. The van der Waals surface area contributed by atoms with Gasteiger partial charge in [0.15, 0.2) is 0 Å². The molecular weight excluding hydrogens is 362 g/mol. The fourth-order valence-electron chi connectivity index (χ4n) is 2.99. The zero-order chi connectivity index (χ0) is 19.4. The molecule has 27 heavy (non-hydrogen) atoms. The first-order valence-corrected chi connectivity index (χ1v) is 9.23. The Hall–Kier alpha value is -2.79. The summed E-state index contributed by atoms with van der Waals surface area (Å²) in [4.78, 5) is 28.5. The summed E-state index contributed by atoms with van der Waals surface area (Å²) >= 11 is 5.97. The zero-order valence-electron chi connectivity index (χ0n) is 15.3. The van der Waals surface area contributed by atoms with Gasteiger partial charge >= 0.3 is 0 Å². The summed E-state index contributed by atoms with van der Waals surface area (Å²) in [7, 11) is 0. The van der Waals surface area contributed by atoms with Gasteiger partial charge in [0.2, 0.25) is 5.91 Å². The number of amides is 2. The van der Waals surface area contributed by atoms with Crippen LogP contribution < -0.4 is 10.6 Å². The largest absolute Gasteiger partial charge is 0.361 e. The van der Waals surface area contributed by atoms with Gasteiger partial charge in [-0.15, -0.1) is 0 Å². The van der Waals surface area contributed by atoms with Crippen LogP contribution in [0.15, 0.2) is 54.7 Å². The van der Waals surface area contributed by atoms with E-state index in [-0.39, 0.29) is 17.9 Å². The van der Waals surface area contributed by atoms with E-state index in [1.807, 2.05) is 44.3 Å². The molecule has 140 valence electrons. The number of carbonyl (C=O) groups is 2. The molecule has 1 atom stereocenters. The van der Waals surface area contributed by atoms with Gasteiger partial charge in [0.1, 0.15) is 6.04 Å². The first kappa shape index (κ1) is 19.0. The van der Waals surface area contributed by atoms with Gasteiger partial charge in [-0.25, -0.2) is 0 Å². The summed E-state index contributed by atoms with van der Waals surface area (Å²) in [6, 6.07) is 13.8. The zero-order valence-corrected chi connectivity index (χ0v) is 16.0. The summed E-state index contributed by atoms with van der Waals surface area (Å²) in [6.45, 7) is 3.78. The topological polar surface area (TPSA) is 74.0 Å². The number of nitrogens with one attached hydrogen (secondary N) is 3. The van der Waals surface area contributed by atoms with Crippen LogP contribution in [0, 0.1) is 0 Å². The van der Waals surface area contributed by atoms with Gasteiger partial charge in [-0.05, 0) is 43.7 Å². The average molecular weight is 384 g/mol. The standard InChI is InChI=1S/C21H22ClN3O2/c1-13(2)24-21(27)19(25-20(26)14-6-5-7-16(22)10-14)11-15-12-23-18-9-4-3-8-17(15)18/h3-10,12-13,19,23H,11H2,1-2H3,(H,24,27)(H,25,26)/t19-/m0/s1. The van der Waals surface area contributed by atoms with Crippen LogP contribution in [-0.4, -0.2) is 28.9 Å². The highest BCUT2D eigenvalue weighted by atomic mass is 35.5. The molecule has 1 heterocycles. The number of aromatic nitrogens is 1. The molecule has 0 aliphatic rings. The van der Waals surface area contributed by atoms with Gasteiger partial charge < -0.3 is 15.6 Å². The Labute approximate surface area is 163 Å². The maximum Gasteiger partial charge on any atom is 0.251 e. The predicted octanol–water partition coefficient (Wildman–Crippen LogP) is 3.69. The number of benzene rings is 2. The van der Waals surface area contributed by atoms with Crippen LogP contribution in [0.25, 0.3) is 10.9 Å². The number of H-pyrrole nitrogens is 1. The Morgan fingerprint density at radius 2 is 1.85 bits per heavy atom. The monoisotopic (exact) mass is 383 g/mol. The summed E-state index contributed by atoms with van der Waals surface area (Å²) in [5.41, 5.74) is 2.39. The van der Waals surface area contributed by atoms with Crippen LogP contribution in [0.4, 0.5) is 0 Å². The number of hydrogen-bond acceptors (Lipinski definition) is 2. The lowest BCUT2D eigenvalue weighted by Gasteiger charge is -2.20. The van der Waals surface area contributed by atoms with Gasteiger partial charge in [-0.2, -0.15) is 0 Å². The predicted molar refractivity (Wildman–Crippen MR) is 108 cm³/mol. The minimum absolute atomic E-state index is 0.0222. The van der Waals surface area contributed by atoms with Gasteiger partial charge in [0.25, 0.3) is 5.91 Å². The molecule has 0 saturated heterocycles. The smallest absolute Gasteiger partial charge is 0.251 e. The molecule has 3 aromatic rings. The molecule has 0 radical (unpaired) electrons. The van der Waals surface area contributed by atoms with E-state index in [2.05, 4.69) is 15.6 Å². The lowest BCUT2D eigenvalue weighted by Crippen LogP contribution is -2.49. The van der Waals surface area contributed by atoms with Crippen LogP contribution >= 0.6 is 11.6 Å². The molecule has 0 unspecified atom stereocenters. The third kappa shape index (κ3) is 4.68. The number of hydrogen-bond donors (Lipinski definition) is 3. The van der Waals surface area contributed by atoms with Crippen molar-refractivity contribution in [3.8, 4) is 0 Å². The molecule has 0 spiro atoms. The van der Waals surface area contributed by atoms with Crippen molar-refractivity contribution in [2.75, 3.05) is 0 Å². The van der Waals surface area contributed by atoms with Crippen LogP contribution in [0.2, 0.25) is 5.02 Å². The third-order valence-electron chi connectivity index (χ3n) is 4.24. The summed E-state index contributed by atoms with van der Waals surface area (Å²) in [6.07, 6.45) is 2.26. The second-order valence-corrected chi connectivity index (χ2v) is 7.20. The first-order valence-electron chi connectivity index (χ1n) is 8.86. The van der Waals surface area contributed by atoms with Crippen LogP contribution in [0.1, 0.15) is 29.8 Å². The Morgan fingerprint density at radius 3 is 2.59 bits per heavy atom. The van der Waals surface area contributed by atoms with Gasteiger partial charge in [-0.1, -0.05) is 35.9 Å². The lowest BCUT2D eigenvalue weighted by atomic mass is 10.0. The van der Waals surface area contributed by atoms with E-state index in [1.54, 1.807) is 24.3 Å². The second kappa shape index (κ2) is 8.27. The van der Waals surface area contributed by atoms with Crippen molar-refractivity contribution in [3.63, 3.8) is 0 Å². The minimum Gasteiger partial charge on any atom is -0.361 e. The fourth-order valence-corrected chi connectivity index (χ4v) is 3.18. The molecular formula is C21H22ClN3O2. The molecule has 0 aliphatic heterocycles. The Morgan fingerprint density at radius 1 is 1.07 bits per heavy atom. The van der Waals surface area contributed by atoms with Crippen molar-refractivity contribution < 1.29 is 9.59 Å². The van der Waals surface area contributed by atoms with E-state index in [0.717, 1.165) is 16.5 Å². The van der Waals surface area contributed by atoms with Gasteiger partial charge in [0.05, 0.1) is 0 Å². The molecule has 5 nitrogen and oxygen atoms in total. The van der Waals surface area contributed by atoms with E-state index in [9.17, 15) is 9.59 Å². The van der Waals surface area contributed by atoms with Crippen LogP contribution in [0.5, 0.6) is 0 Å². The molecule has 0 bridgehead atoms. The highest BCUT2D eigenvalue weighted by Gasteiger charge is 2.23. The average Bonchev–Trinajstić information content (AvgIpc) is 3.03. The lowest BCUT2D eigenvalue weighted by molar-refractivity contribution is -0.123. The van der Waals surface area contributed by atoms with Crippen molar-refractivity contribution in [3.05, 3.63) is 70.9 Å². The molecule has 6 heteroatoms. The second-order valence-electron chi connectivity index (χ2n) is 6.76. The van der Waals surface area contributed by atoms with Crippen molar-refractivity contribution >= 4 is 34.3 Å². The highest BCUT2D eigenvalue weighted by molar-refractivity contribution is 6.31. The first-order chi connectivity index (χ1) is 12.9. The molecule has 3 N–H and O–H groups in total. The van der Waals surface area contributed by atoms with E-state index >= 15 is 0 Å². The minimum atomic E-state index is -0.696. The maximum absolute atomic E-state index is 12.7. The number of aromatic amines is 1. The quantitative estimate of drug-likeness (QED) is 0.607. The molecule has 1 aromatic heterocycles. The highest BCUT2D eigenvalue weighted by Crippen LogP contribution is 2.19. The van der Waals surface area contributed by atoms with Crippen molar-refractivity contribution in [2.24, 2.45) is 0 Å². The molecule has 2 aromatic carbocycles. The van der Waals surface area contributed by atoms with Gasteiger partial charge in [-0.3, -0.25) is 9.59 Å². The van der Waals surface area contributed by atoms with E-state index < -0.39 is 6.04 Å². The summed E-state index contributed by atoms with van der Waals surface area (Å²) in [5, 5.41) is 7.24. The SMILES string of the molecule is CC(C)NC(=O)[C@H](Cc1c[nH]c2ccccc12)NC(=O)c1cccc(Cl)c1. The fraction of sp³-hybridized carbons (Fsp3) is 0.238. The van der Waals surface area contributed by atoms with Crippen LogP contribution in [0.3, 0.4) is 0 Å². The van der Waals surface area contributed by atoms with Crippen molar-refractivity contribution in [2.45, 2.75) is 32.4 Å². The normalized spacial score (nSPS) is 12.1. The Bertz CT molecular complexity index is 965.